The fourth-order valence-corrected chi connectivity index (χ4v) is 4.96. The van der Waals surface area contributed by atoms with Gasteiger partial charge in [0.1, 0.15) is 6.61 Å². The van der Waals surface area contributed by atoms with Gasteiger partial charge < -0.3 is 15.0 Å². The first-order valence-corrected chi connectivity index (χ1v) is 11.5. The molecule has 0 bridgehead atoms. The van der Waals surface area contributed by atoms with Crippen LogP contribution < -0.4 is 5.32 Å². The topological polar surface area (TPSA) is 54.1 Å². The van der Waals surface area contributed by atoms with E-state index >= 15 is 0 Å². The smallest absolute Gasteiger partial charge is 0.407 e. The van der Waals surface area contributed by atoms with Crippen LogP contribution in [-0.4, -0.2) is 24.2 Å². The molecule has 0 aliphatic heterocycles. The van der Waals surface area contributed by atoms with Crippen molar-refractivity contribution in [1.82, 2.24) is 10.3 Å². The van der Waals surface area contributed by atoms with E-state index in [0.29, 0.717) is 13.2 Å². The number of fused-ring (bicyclic) bond motifs is 6. The number of H-pyrrole nitrogens is 1. The summed E-state index contributed by atoms with van der Waals surface area (Å²) in [6, 6.07) is 31.3. The highest BCUT2D eigenvalue weighted by Gasteiger charge is 2.28. The normalized spacial score (nSPS) is 12.8. The highest BCUT2D eigenvalue weighted by atomic mass is 16.5. The number of aromatic nitrogens is 1. The van der Waals surface area contributed by atoms with Crippen LogP contribution in [0.3, 0.4) is 0 Å². The summed E-state index contributed by atoms with van der Waals surface area (Å²) in [6.07, 6.45) is 3.54. The Bertz CT molecular complexity index is 1500. The minimum Gasteiger partial charge on any atom is -0.449 e. The van der Waals surface area contributed by atoms with Crippen LogP contribution in [-0.2, 0) is 4.74 Å². The van der Waals surface area contributed by atoms with E-state index in [9.17, 15) is 4.79 Å². The van der Waals surface area contributed by atoms with Crippen molar-refractivity contribution < 1.29 is 9.53 Å². The second-order valence-corrected chi connectivity index (χ2v) is 8.58. The number of aromatic amines is 1. The lowest BCUT2D eigenvalue weighted by molar-refractivity contribution is 0.144. The molecule has 0 saturated heterocycles. The summed E-state index contributed by atoms with van der Waals surface area (Å²) in [7, 11) is 0. The molecular formula is C30H24N2O2. The average Bonchev–Trinajstić information content (AvgIpc) is 3.40. The summed E-state index contributed by atoms with van der Waals surface area (Å²) in [5, 5.41) is 5.27. The lowest BCUT2D eigenvalue weighted by atomic mass is 9.98. The number of ether oxygens (including phenoxy) is 1. The number of carbonyl (C=O) groups is 1. The van der Waals surface area contributed by atoms with E-state index < -0.39 is 6.09 Å². The summed E-state index contributed by atoms with van der Waals surface area (Å²) in [6.45, 7) is 0.724. The number of para-hydroxylation sites is 1. The Morgan fingerprint density at radius 1 is 0.824 bits per heavy atom. The number of rotatable bonds is 5. The zero-order valence-electron chi connectivity index (χ0n) is 18.6. The third-order valence-corrected chi connectivity index (χ3v) is 6.55. The molecule has 6 rings (SSSR count). The zero-order valence-corrected chi connectivity index (χ0v) is 18.6. The second-order valence-electron chi connectivity index (χ2n) is 8.58. The van der Waals surface area contributed by atoms with Crippen molar-refractivity contribution in [2.24, 2.45) is 0 Å². The minimum absolute atomic E-state index is 0.0664. The lowest BCUT2D eigenvalue weighted by Crippen LogP contribution is -2.26. The van der Waals surface area contributed by atoms with Crippen LogP contribution in [0.1, 0.15) is 22.6 Å². The largest absolute Gasteiger partial charge is 0.449 e. The van der Waals surface area contributed by atoms with Gasteiger partial charge in [-0.1, -0.05) is 91.0 Å². The van der Waals surface area contributed by atoms with Crippen molar-refractivity contribution in [1.29, 1.82) is 0 Å². The number of nitrogens with one attached hydrogen (secondary N) is 2. The predicted molar refractivity (Wildman–Crippen MR) is 138 cm³/mol. The van der Waals surface area contributed by atoms with Crippen LogP contribution in [0.25, 0.3) is 39.0 Å². The monoisotopic (exact) mass is 444 g/mol. The lowest BCUT2D eigenvalue weighted by Gasteiger charge is -2.14. The quantitative estimate of drug-likeness (QED) is 0.311. The van der Waals surface area contributed by atoms with Gasteiger partial charge in [-0.2, -0.15) is 0 Å². The molecule has 4 aromatic carbocycles. The Morgan fingerprint density at radius 2 is 1.50 bits per heavy atom. The van der Waals surface area contributed by atoms with E-state index in [1.54, 1.807) is 0 Å². The average molecular weight is 445 g/mol. The van der Waals surface area contributed by atoms with Crippen molar-refractivity contribution in [3.8, 4) is 11.1 Å². The molecule has 2 N–H and O–H groups in total. The van der Waals surface area contributed by atoms with Crippen molar-refractivity contribution >= 4 is 34.0 Å². The number of alkyl carbamates (subject to hydrolysis) is 1. The molecule has 0 radical (unpaired) electrons. The van der Waals surface area contributed by atoms with Crippen molar-refractivity contribution in [2.75, 3.05) is 13.2 Å². The Labute approximate surface area is 197 Å². The van der Waals surface area contributed by atoms with Crippen LogP contribution in [0.2, 0.25) is 0 Å². The second kappa shape index (κ2) is 8.56. The number of amides is 1. The van der Waals surface area contributed by atoms with Gasteiger partial charge in [-0.3, -0.25) is 0 Å². The Balaban J connectivity index is 1.07. The highest BCUT2D eigenvalue weighted by molar-refractivity contribution is 6.07. The molecule has 4 heteroatoms. The summed E-state index contributed by atoms with van der Waals surface area (Å²) < 4.78 is 5.59. The first kappa shape index (κ1) is 20.3. The number of hydrogen-bond donors (Lipinski definition) is 2. The number of hydrogen-bond acceptors (Lipinski definition) is 2. The summed E-state index contributed by atoms with van der Waals surface area (Å²) in [4.78, 5) is 15.8. The molecule has 1 heterocycles. The van der Waals surface area contributed by atoms with Crippen molar-refractivity contribution in [3.05, 3.63) is 114 Å². The molecule has 0 spiro atoms. The van der Waals surface area contributed by atoms with E-state index in [1.807, 2.05) is 42.5 Å². The van der Waals surface area contributed by atoms with E-state index in [-0.39, 0.29) is 5.92 Å². The minimum atomic E-state index is -0.405. The van der Waals surface area contributed by atoms with E-state index in [4.69, 9.17) is 4.74 Å². The molecule has 0 fully saturated rings. The molecule has 1 aliphatic carbocycles. The van der Waals surface area contributed by atoms with Crippen LogP contribution in [0, 0.1) is 0 Å². The maximum Gasteiger partial charge on any atom is 0.407 e. The van der Waals surface area contributed by atoms with Gasteiger partial charge in [0.2, 0.25) is 0 Å². The Morgan fingerprint density at radius 3 is 2.29 bits per heavy atom. The third kappa shape index (κ3) is 3.63. The summed E-state index contributed by atoms with van der Waals surface area (Å²) >= 11 is 0. The molecule has 166 valence electrons. The van der Waals surface area contributed by atoms with Gasteiger partial charge in [-0.25, -0.2) is 4.79 Å². The first-order valence-electron chi connectivity index (χ1n) is 11.5. The maximum atomic E-state index is 12.3. The molecule has 0 atom stereocenters. The van der Waals surface area contributed by atoms with Gasteiger partial charge in [0.25, 0.3) is 0 Å². The molecule has 1 aliphatic rings. The molecule has 34 heavy (non-hydrogen) atoms. The van der Waals surface area contributed by atoms with Gasteiger partial charge in [0.05, 0.1) is 0 Å². The number of benzene rings is 4. The summed E-state index contributed by atoms with van der Waals surface area (Å²) in [5.74, 6) is 0.0664. The van der Waals surface area contributed by atoms with Gasteiger partial charge in [-0.05, 0) is 39.9 Å². The number of carbonyl (C=O) groups excluding carboxylic acids is 1. The fourth-order valence-electron chi connectivity index (χ4n) is 4.96. The van der Waals surface area contributed by atoms with Crippen LogP contribution >= 0.6 is 0 Å². The Hall–Kier alpha value is -4.31. The zero-order chi connectivity index (χ0) is 22.9. The molecule has 1 aromatic heterocycles. The molecule has 4 nitrogen and oxygen atoms in total. The van der Waals surface area contributed by atoms with Gasteiger partial charge >= 0.3 is 6.09 Å². The van der Waals surface area contributed by atoms with Crippen LogP contribution in [0.5, 0.6) is 0 Å². The highest BCUT2D eigenvalue weighted by Crippen LogP contribution is 2.44. The molecule has 1 amide bonds. The first-order chi connectivity index (χ1) is 16.8. The SMILES string of the molecule is O=C(NCC=Cc1ccc2c(c1)[nH]c1ccccc12)OCC1c2ccccc2-c2ccccc21. The van der Waals surface area contributed by atoms with E-state index in [2.05, 4.69) is 71.0 Å². The van der Waals surface area contributed by atoms with Crippen LogP contribution in [0.15, 0.2) is 97.1 Å². The van der Waals surface area contributed by atoms with Gasteiger partial charge in [0, 0.05) is 34.3 Å². The molecule has 5 aromatic rings. The summed E-state index contributed by atoms with van der Waals surface area (Å²) in [5.41, 5.74) is 8.19. The van der Waals surface area contributed by atoms with Gasteiger partial charge in [0.15, 0.2) is 0 Å². The maximum absolute atomic E-state index is 12.3. The standard InChI is InChI=1S/C30H24N2O2/c33-30(34-19-27-23-11-3-1-9-21(23)22-10-2-4-12-24(22)27)31-17-7-8-20-15-16-26-25-13-5-6-14-28(25)32-29(26)18-20/h1-16,18,27,32H,17,19H2,(H,31,33). The fraction of sp³-hybridized carbons (Fsp3) is 0.100. The third-order valence-electron chi connectivity index (χ3n) is 6.55. The van der Waals surface area contributed by atoms with Gasteiger partial charge in [-0.15, -0.1) is 0 Å². The predicted octanol–water partition coefficient (Wildman–Crippen LogP) is 6.87. The van der Waals surface area contributed by atoms with E-state index in [1.165, 1.54) is 33.0 Å². The molecular weight excluding hydrogens is 420 g/mol. The molecule has 0 saturated carbocycles. The van der Waals surface area contributed by atoms with Crippen LogP contribution in [0.4, 0.5) is 4.79 Å². The van der Waals surface area contributed by atoms with Crippen molar-refractivity contribution in [3.63, 3.8) is 0 Å². The van der Waals surface area contributed by atoms with Crippen molar-refractivity contribution in [2.45, 2.75) is 5.92 Å². The Kier molecular flexibility index (Phi) is 5.11. The van der Waals surface area contributed by atoms with E-state index in [0.717, 1.165) is 16.6 Å². The molecule has 0 unspecified atom stereocenters.